The number of aryl methyl sites for hydroxylation is 1. The maximum absolute atomic E-state index is 12.2. The number of nitrogens with one attached hydrogen (secondary N) is 1. The molecule has 0 unspecified atom stereocenters. The Hall–Kier alpha value is -1.86. The predicted molar refractivity (Wildman–Crippen MR) is 83.3 cm³/mol. The SMILES string of the molecule is Cc1ccc(C=CC(=O)O)cc1NS(=O)(=O)N(C)C(C)C. The van der Waals surface area contributed by atoms with Crippen LogP contribution in [0.15, 0.2) is 24.3 Å². The molecule has 0 saturated heterocycles. The molecule has 21 heavy (non-hydrogen) atoms. The summed E-state index contributed by atoms with van der Waals surface area (Å²) >= 11 is 0. The van der Waals surface area contributed by atoms with Gasteiger partial charge in [-0.2, -0.15) is 12.7 Å². The van der Waals surface area contributed by atoms with Crippen LogP contribution < -0.4 is 4.72 Å². The van der Waals surface area contributed by atoms with Crippen molar-refractivity contribution in [2.24, 2.45) is 0 Å². The third-order valence-electron chi connectivity index (χ3n) is 3.03. The van der Waals surface area contributed by atoms with Crippen LogP contribution >= 0.6 is 0 Å². The summed E-state index contributed by atoms with van der Waals surface area (Å²) in [4.78, 5) is 10.5. The first-order valence-electron chi connectivity index (χ1n) is 6.41. The summed E-state index contributed by atoms with van der Waals surface area (Å²) in [5.74, 6) is -1.06. The van der Waals surface area contributed by atoms with Gasteiger partial charge in [0.05, 0.1) is 5.69 Å². The zero-order valence-corrected chi connectivity index (χ0v) is 13.3. The molecule has 1 aromatic rings. The van der Waals surface area contributed by atoms with Crippen molar-refractivity contribution in [3.63, 3.8) is 0 Å². The van der Waals surface area contributed by atoms with E-state index in [9.17, 15) is 13.2 Å². The van der Waals surface area contributed by atoms with E-state index in [0.29, 0.717) is 11.3 Å². The van der Waals surface area contributed by atoms with Crippen molar-refractivity contribution >= 4 is 27.9 Å². The quantitative estimate of drug-likeness (QED) is 0.787. The van der Waals surface area contributed by atoms with Gasteiger partial charge in [0.2, 0.25) is 0 Å². The highest BCUT2D eigenvalue weighted by Crippen LogP contribution is 2.20. The van der Waals surface area contributed by atoms with E-state index >= 15 is 0 Å². The summed E-state index contributed by atoms with van der Waals surface area (Å²) in [7, 11) is -2.14. The van der Waals surface area contributed by atoms with Crippen LogP contribution in [0.3, 0.4) is 0 Å². The molecule has 0 saturated carbocycles. The highest BCUT2D eigenvalue weighted by atomic mass is 32.2. The van der Waals surface area contributed by atoms with Gasteiger partial charge >= 0.3 is 16.2 Å². The van der Waals surface area contributed by atoms with Crippen LogP contribution in [0.4, 0.5) is 5.69 Å². The molecule has 116 valence electrons. The molecule has 0 amide bonds. The van der Waals surface area contributed by atoms with Crippen molar-refractivity contribution in [1.82, 2.24) is 4.31 Å². The molecule has 0 bridgehead atoms. The molecule has 0 aliphatic rings. The Labute approximate surface area is 125 Å². The minimum absolute atomic E-state index is 0.169. The van der Waals surface area contributed by atoms with Gasteiger partial charge in [0.15, 0.2) is 0 Å². The van der Waals surface area contributed by atoms with E-state index < -0.39 is 16.2 Å². The number of hydrogen-bond donors (Lipinski definition) is 2. The van der Waals surface area contributed by atoms with Crippen LogP contribution in [0.1, 0.15) is 25.0 Å². The van der Waals surface area contributed by atoms with Crippen molar-refractivity contribution in [1.29, 1.82) is 0 Å². The van der Waals surface area contributed by atoms with E-state index in [1.807, 2.05) is 0 Å². The van der Waals surface area contributed by atoms with Gasteiger partial charge in [-0.1, -0.05) is 12.1 Å². The number of rotatable bonds is 6. The van der Waals surface area contributed by atoms with E-state index in [4.69, 9.17) is 5.11 Å². The van der Waals surface area contributed by atoms with Crippen molar-refractivity contribution in [2.45, 2.75) is 26.8 Å². The van der Waals surface area contributed by atoms with Crippen LogP contribution in [-0.2, 0) is 15.0 Å². The van der Waals surface area contributed by atoms with Gasteiger partial charge < -0.3 is 5.11 Å². The molecule has 7 heteroatoms. The van der Waals surface area contributed by atoms with Gasteiger partial charge in [0.1, 0.15) is 0 Å². The van der Waals surface area contributed by atoms with Gasteiger partial charge in [-0.15, -0.1) is 0 Å². The summed E-state index contributed by atoms with van der Waals surface area (Å²) in [6.45, 7) is 5.33. The van der Waals surface area contributed by atoms with E-state index in [0.717, 1.165) is 11.6 Å². The fraction of sp³-hybridized carbons (Fsp3) is 0.357. The van der Waals surface area contributed by atoms with Crippen molar-refractivity contribution < 1.29 is 18.3 Å². The van der Waals surface area contributed by atoms with Crippen LogP contribution in [0.2, 0.25) is 0 Å². The Bertz CT molecular complexity index is 651. The molecule has 0 fully saturated rings. The first-order chi connectivity index (χ1) is 9.63. The second kappa shape index (κ2) is 6.73. The third kappa shape index (κ3) is 4.87. The maximum atomic E-state index is 12.2. The number of anilines is 1. The lowest BCUT2D eigenvalue weighted by Crippen LogP contribution is -2.37. The summed E-state index contributed by atoms with van der Waals surface area (Å²) in [5, 5.41) is 8.61. The Morgan fingerprint density at radius 2 is 2.00 bits per heavy atom. The van der Waals surface area contributed by atoms with E-state index in [1.165, 1.54) is 17.4 Å². The number of carboxylic acids is 1. The molecule has 1 aromatic carbocycles. The Morgan fingerprint density at radius 3 is 2.52 bits per heavy atom. The number of hydrogen-bond acceptors (Lipinski definition) is 3. The van der Waals surface area contributed by atoms with Gasteiger partial charge in [-0.05, 0) is 44.0 Å². The molecule has 0 radical (unpaired) electrons. The minimum atomic E-state index is -3.64. The Kier molecular flexibility index (Phi) is 5.51. The largest absolute Gasteiger partial charge is 0.478 e. The van der Waals surface area contributed by atoms with Crippen LogP contribution in [0, 0.1) is 6.92 Å². The molecule has 1 rings (SSSR count). The smallest absolute Gasteiger partial charge is 0.328 e. The van der Waals surface area contributed by atoms with Crippen LogP contribution in [0.5, 0.6) is 0 Å². The van der Waals surface area contributed by atoms with Gasteiger partial charge in [-0.3, -0.25) is 4.72 Å². The minimum Gasteiger partial charge on any atom is -0.478 e. The van der Waals surface area contributed by atoms with Crippen molar-refractivity contribution in [3.8, 4) is 0 Å². The fourth-order valence-electron chi connectivity index (χ4n) is 1.51. The predicted octanol–water partition coefficient (Wildman–Crippen LogP) is 2.09. The first-order valence-corrected chi connectivity index (χ1v) is 7.85. The van der Waals surface area contributed by atoms with Gasteiger partial charge in [-0.25, -0.2) is 4.79 Å². The summed E-state index contributed by atoms with van der Waals surface area (Å²) < 4.78 is 28.1. The third-order valence-corrected chi connectivity index (χ3v) is 4.68. The fourth-order valence-corrected chi connectivity index (χ4v) is 2.71. The first kappa shape index (κ1) is 17.2. The topological polar surface area (TPSA) is 86.7 Å². The number of carboxylic acid groups (broad SMARTS) is 1. The maximum Gasteiger partial charge on any atom is 0.328 e. The molecule has 6 nitrogen and oxygen atoms in total. The Morgan fingerprint density at radius 1 is 1.38 bits per heavy atom. The molecule has 0 aromatic heterocycles. The highest BCUT2D eigenvalue weighted by molar-refractivity contribution is 7.90. The zero-order chi connectivity index (χ0) is 16.2. The Balaban J connectivity index is 3.08. The summed E-state index contributed by atoms with van der Waals surface area (Å²) in [6.07, 6.45) is 2.41. The molecule has 0 aliphatic carbocycles. The van der Waals surface area contributed by atoms with E-state index in [1.54, 1.807) is 39.0 Å². The summed E-state index contributed by atoms with van der Waals surface area (Å²) in [6, 6.07) is 4.88. The normalized spacial score (nSPS) is 12.3. The lowest BCUT2D eigenvalue weighted by molar-refractivity contribution is -0.131. The number of nitrogens with zero attached hydrogens (tertiary/aromatic N) is 1. The van der Waals surface area contributed by atoms with Gasteiger partial charge in [0, 0.05) is 19.2 Å². The average molecular weight is 312 g/mol. The second-order valence-corrected chi connectivity index (χ2v) is 6.69. The molecule has 2 N–H and O–H groups in total. The molecule has 0 spiro atoms. The lowest BCUT2D eigenvalue weighted by Gasteiger charge is -2.22. The van der Waals surface area contributed by atoms with Crippen LogP contribution in [-0.4, -0.2) is 36.9 Å². The zero-order valence-electron chi connectivity index (χ0n) is 12.5. The van der Waals surface area contributed by atoms with E-state index in [-0.39, 0.29) is 6.04 Å². The van der Waals surface area contributed by atoms with Gasteiger partial charge in [0.25, 0.3) is 0 Å². The van der Waals surface area contributed by atoms with E-state index in [2.05, 4.69) is 4.72 Å². The number of carbonyl (C=O) groups is 1. The molecule has 0 heterocycles. The molecule has 0 atom stereocenters. The average Bonchev–Trinajstić information content (AvgIpc) is 2.38. The second-order valence-electron chi connectivity index (χ2n) is 4.96. The number of benzene rings is 1. The standard InChI is InChI=1S/C14H20N2O4S/c1-10(2)16(4)21(19,20)15-13-9-12(6-5-11(13)3)7-8-14(17)18/h5-10,15H,1-4H3,(H,17,18). The molecular formula is C14H20N2O4S. The lowest BCUT2D eigenvalue weighted by atomic mass is 10.1. The highest BCUT2D eigenvalue weighted by Gasteiger charge is 2.20. The number of aliphatic carboxylic acids is 1. The molecular weight excluding hydrogens is 292 g/mol. The molecule has 0 aliphatic heterocycles. The van der Waals surface area contributed by atoms with Crippen LogP contribution in [0.25, 0.3) is 6.08 Å². The summed E-state index contributed by atoms with van der Waals surface area (Å²) in [5.41, 5.74) is 1.78. The monoisotopic (exact) mass is 312 g/mol. The van der Waals surface area contributed by atoms with Crippen molar-refractivity contribution in [3.05, 3.63) is 35.4 Å². The van der Waals surface area contributed by atoms with Crippen molar-refractivity contribution in [2.75, 3.05) is 11.8 Å².